The van der Waals surface area contributed by atoms with E-state index in [1.165, 1.54) is 29.7 Å². The Balaban J connectivity index is 1.51. The second-order valence-corrected chi connectivity index (χ2v) is 7.17. The van der Waals surface area contributed by atoms with E-state index < -0.39 is 0 Å². The quantitative estimate of drug-likeness (QED) is 0.727. The molecule has 0 bridgehead atoms. The van der Waals surface area contributed by atoms with Crippen LogP contribution in [0, 0.1) is 0 Å². The summed E-state index contributed by atoms with van der Waals surface area (Å²) in [6.07, 6.45) is 4.83. The smallest absolute Gasteiger partial charge is 0.260 e. The van der Waals surface area contributed by atoms with Crippen molar-refractivity contribution >= 4 is 22.4 Å². The molecule has 25 heavy (non-hydrogen) atoms. The molecule has 0 unspecified atom stereocenters. The number of hydrogen-bond acceptors (Lipinski definition) is 4. The van der Waals surface area contributed by atoms with E-state index in [0.29, 0.717) is 23.2 Å². The van der Waals surface area contributed by atoms with Crippen LogP contribution in [0.5, 0.6) is 0 Å². The van der Waals surface area contributed by atoms with Crippen LogP contribution in [0.4, 0.5) is 5.13 Å². The minimum Gasteiger partial charge on any atom is -0.298 e. The van der Waals surface area contributed by atoms with Crippen molar-refractivity contribution in [3.8, 4) is 0 Å². The van der Waals surface area contributed by atoms with Gasteiger partial charge in [-0.2, -0.15) is 5.10 Å². The number of rotatable bonds is 6. The lowest BCUT2D eigenvalue weighted by Gasteiger charge is -2.08. The van der Waals surface area contributed by atoms with Gasteiger partial charge in [0.2, 0.25) is 0 Å². The minimum atomic E-state index is -0.132. The van der Waals surface area contributed by atoms with Gasteiger partial charge in [0.1, 0.15) is 0 Å². The fourth-order valence-corrected chi connectivity index (χ4v) is 3.73. The van der Waals surface area contributed by atoms with E-state index in [2.05, 4.69) is 27.5 Å². The molecule has 0 aliphatic heterocycles. The zero-order valence-corrected chi connectivity index (χ0v) is 14.9. The van der Waals surface area contributed by atoms with Crippen molar-refractivity contribution in [3.63, 3.8) is 0 Å². The van der Waals surface area contributed by atoms with Crippen LogP contribution < -0.4 is 5.32 Å². The van der Waals surface area contributed by atoms with Gasteiger partial charge in [0.15, 0.2) is 5.13 Å². The van der Waals surface area contributed by atoms with E-state index >= 15 is 0 Å². The highest BCUT2D eigenvalue weighted by molar-refractivity contribution is 7.14. The molecule has 5 nitrogen and oxygen atoms in total. The molecule has 6 heteroatoms. The van der Waals surface area contributed by atoms with E-state index in [9.17, 15) is 4.79 Å². The molecule has 4 rings (SSSR count). The van der Waals surface area contributed by atoms with E-state index in [0.717, 1.165) is 17.8 Å². The number of amides is 1. The van der Waals surface area contributed by atoms with Crippen molar-refractivity contribution in [2.75, 3.05) is 5.32 Å². The van der Waals surface area contributed by atoms with E-state index in [-0.39, 0.29) is 5.91 Å². The van der Waals surface area contributed by atoms with Crippen LogP contribution in [0.15, 0.2) is 41.9 Å². The molecule has 0 spiro atoms. The molecule has 2 aromatic heterocycles. The predicted molar refractivity (Wildman–Crippen MR) is 99.2 cm³/mol. The molecule has 2 heterocycles. The van der Waals surface area contributed by atoms with Crippen LogP contribution in [0.3, 0.4) is 0 Å². The number of nitrogens with zero attached hydrogens (tertiary/aromatic N) is 3. The first-order valence-corrected chi connectivity index (χ1v) is 9.48. The molecule has 1 N–H and O–H groups in total. The van der Waals surface area contributed by atoms with Gasteiger partial charge in [-0.15, -0.1) is 11.3 Å². The molecule has 1 amide bonds. The van der Waals surface area contributed by atoms with Crippen molar-refractivity contribution in [1.82, 2.24) is 14.8 Å². The number of hydrogen-bond donors (Lipinski definition) is 1. The van der Waals surface area contributed by atoms with Gasteiger partial charge in [-0.1, -0.05) is 37.3 Å². The SMILES string of the molecule is CCc1c(C(=O)Nc2nc(C3CC3)cs2)cnn1Cc1ccccc1. The molecule has 0 atom stereocenters. The Morgan fingerprint density at radius 1 is 1.32 bits per heavy atom. The lowest BCUT2D eigenvalue weighted by Crippen LogP contribution is -2.15. The number of carbonyl (C=O) groups is 1. The van der Waals surface area contributed by atoms with Crippen molar-refractivity contribution in [1.29, 1.82) is 0 Å². The first kappa shape index (κ1) is 16.0. The second-order valence-electron chi connectivity index (χ2n) is 6.31. The maximum atomic E-state index is 12.7. The topological polar surface area (TPSA) is 59.8 Å². The minimum absolute atomic E-state index is 0.132. The van der Waals surface area contributed by atoms with Gasteiger partial charge >= 0.3 is 0 Å². The molecule has 1 aliphatic carbocycles. The maximum Gasteiger partial charge on any atom is 0.260 e. The summed E-state index contributed by atoms with van der Waals surface area (Å²) in [5, 5.41) is 10.1. The monoisotopic (exact) mass is 352 g/mol. The summed E-state index contributed by atoms with van der Waals surface area (Å²) in [6, 6.07) is 10.2. The van der Waals surface area contributed by atoms with Gasteiger partial charge in [0.25, 0.3) is 5.91 Å². The molecule has 1 aromatic carbocycles. The van der Waals surface area contributed by atoms with E-state index in [4.69, 9.17) is 0 Å². The summed E-state index contributed by atoms with van der Waals surface area (Å²) in [7, 11) is 0. The highest BCUT2D eigenvalue weighted by atomic mass is 32.1. The zero-order chi connectivity index (χ0) is 17.2. The maximum absolute atomic E-state index is 12.7. The summed E-state index contributed by atoms with van der Waals surface area (Å²) in [5.41, 5.74) is 3.85. The van der Waals surface area contributed by atoms with Gasteiger partial charge in [0.05, 0.1) is 29.7 Å². The third kappa shape index (κ3) is 3.49. The van der Waals surface area contributed by atoms with Gasteiger partial charge in [0, 0.05) is 11.3 Å². The third-order valence-electron chi connectivity index (χ3n) is 4.44. The first-order chi connectivity index (χ1) is 12.2. The van der Waals surface area contributed by atoms with Gasteiger partial charge < -0.3 is 0 Å². The Morgan fingerprint density at radius 3 is 2.84 bits per heavy atom. The fraction of sp³-hybridized carbons (Fsp3) is 0.316. The Labute approximate surface area is 150 Å². The third-order valence-corrected chi connectivity index (χ3v) is 5.22. The van der Waals surface area contributed by atoms with Crippen LogP contribution in [0.1, 0.15) is 53.0 Å². The summed E-state index contributed by atoms with van der Waals surface area (Å²) < 4.78 is 1.90. The molecule has 1 fully saturated rings. The van der Waals surface area contributed by atoms with E-state index in [1.54, 1.807) is 6.20 Å². The summed E-state index contributed by atoms with van der Waals surface area (Å²) in [6.45, 7) is 2.71. The Morgan fingerprint density at radius 2 is 2.12 bits per heavy atom. The van der Waals surface area contributed by atoms with Crippen LogP contribution in [0.25, 0.3) is 0 Å². The van der Waals surface area contributed by atoms with Crippen LogP contribution in [-0.4, -0.2) is 20.7 Å². The summed E-state index contributed by atoms with van der Waals surface area (Å²) >= 11 is 1.49. The highest BCUT2D eigenvalue weighted by Crippen LogP contribution is 2.40. The molecule has 1 aliphatic rings. The van der Waals surface area contributed by atoms with Crippen molar-refractivity contribution in [2.24, 2.45) is 0 Å². The van der Waals surface area contributed by atoms with Crippen molar-refractivity contribution < 1.29 is 4.79 Å². The Kier molecular flexibility index (Phi) is 4.36. The predicted octanol–water partition coefficient (Wildman–Crippen LogP) is 4.08. The summed E-state index contributed by atoms with van der Waals surface area (Å²) in [4.78, 5) is 17.2. The normalized spacial score (nSPS) is 13.8. The zero-order valence-electron chi connectivity index (χ0n) is 14.1. The Hall–Kier alpha value is -2.47. The lowest BCUT2D eigenvalue weighted by atomic mass is 10.2. The molecule has 128 valence electrons. The van der Waals surface area contributed by atoms with Gasteiger partial charge in [-0.3, -0.25) is 14.8 Å². The van der Waals surface area contributed by atoms with Crippen LogP contribution >= 0.6 is 11.3 Å². The molecule has 0 radical (unpaired) electrons. The highest BCUT2D eigenvalue weighted by Gasteiger charge is 2.26. The lowest BCUT2D eigenvalue weighted by molar-refractivity contribution is 0.102. The number of benzene rings is 1. The van der Waals surface area contributed by atoms with Crippen molar-refractivity contribution in [2.45, 2.75) is 38.6 Å². The largest absolute Gasteiger partial charge is 0.298 e. The van der Waals surface area contributed by atoms with Gasteiger partial charge in [-0.25, -0.2) is 4.98 Å². The average Bonchev–Trinajstić information content (AvgIpc) is 3.24. The van der Waals surface area contributed by atoms with Gasteiger partial charge in [-0.05, 0) is 24.8 Å². The van der Waals surface area contributed by atoms with Crippen LogP contribution in [0.2, 0.25) is 0 Å². The Bertz CT molecular complexity index is 880. The van der Waals surface area contributed by atoms with Crippen LogP contribution in [-0.2, 0) is 13.0 Å². The first-order valence-electron chi connectivity index (χ1n) is 8.60. The molecule has 3 aromatic rings. The molecule has 1 saturated carbocycles. The van der Waals surface area contributed by atoms with Crippen molar-refractivity contribution in [3.05, 3.63) is 64.4 Å². The second kappa shape index (κ2) is 6.80. The standard InChI is InChI=1S/C19H20N4OS/c1-2-17-15(10-20-23(17)11-13-6-4-3-5-7-13)18(24)22-19-21-16(12-25-19)14-8-9-14/h3-7,10,12,14H,2,8-9,11H2,1H3,(H,21,22,24). The molecular weight excluding hydrogens is 332 g/mol. The number of nitrogens with one attached hydrogen (secondary N) is 1. The number of carbonyl (C=O) groups excluding carboxylic acids is 1. The molecular formula is C19H20N4OS. The number of thiazole rings is 1. The fourth-order valence-electron chi connectivity index (χ4n) is 2.94. The average molecular weight is 352 g/mol. The number of anilines is 1. The number of aromatic nitrogens is 3. The van der Waals surface area contributed by atoms with E-state index in [1.807, 2.05) is 35.2 Å². The summed E-state index contributed by atoms with van der Waals surface area (Å²) in [5.74, 6) is 0.467. The molecule has 0 saturated heterocycles.